The van der Waals surface area contributed by atoms with E-state index in [1.165, 1.54) is 32.4 Å². The van der Waals surface area contributed by atoms with E-state index in [1.54, 1.807) is 0 Å². The van der Waals surface area contributed by atoms with E-state index in [1.807, 2.05) is 13.8 Å². The molecule has 26 heavy (non-hydrogen) atoms. The van der Waals surface area contributed by atoms with Crippen LogP contribution in [0.15, 0.2) is 18.2 Å². The highest BCUT2D eigenvalue weighted by atomic mass is 16.5. The van der Waals surface area contributed by atoms with E-state index < -0.39 is 30.4 Å². The van der Waals surface area contributed by atoms with E-state index in [0.29, 0.717) is 12.3 Å². The van der Waals surface area contributed by atoms with Gasteiger partial charge in [0.25, 0.3) is 5.91 Å². The van der Waals surface area contributed by atoms with Crippen LogP contribution >= 0.6 is 0 Å². The number of hydrogen-bond donors (Lipinski definition) is 1. The zero-order valence-electron chi connectivity index (χ0n) is 15.3. The lowest BCUT2D eigenvalue weighted by atomic mass is 10.1. The molecule has 0 heterocycles. The van der Waals surface area contributed by atoms with Crippen molar-refractivity contribution in [3.05, 3.63) is 29.3 Å². The number of esters is 3. The predicted octanol–water partition coefficient (Wildman–Crippen LogP) is 2.18. The van der Waals surface area contributed by atoms with Crippen LogP contribution in [0, 0.1) is 5.92 Å². The summed E-state index contributed by atoms with van der Waals surface area (Å²) in [5.41, 5.74) is 0.256. The van der Waals surface area contributed by atoms with E-state index in [-0.39, 0.29) is 23.2 Å². The molecule has 0 saturated carbocycles. The summed E-state index contributed by atoms with van der Waals surface area (Å²) in [6.45, 7) is 3.45. The molecule has 0 aliphatic heterocycles. The summed E-state index contributed by atoms with van der Waals surface area (Å²) in [5.74, 6) is -2.09. The Morgan fingerprint density at radius 2 is 1.69 bits per heavy atom. The van der Waals surface area contributed by atoms with Crippen LogP contribution in [0.2, 0.25) is 0 Å². The van der Waals surface area contributed by atoms with Gasteiger partial charge in [0, 0.05) is 6.42 Å². The van der Waals surface area contributed by atoms with Gasteiger partial charge in [-0.15, -0.1) is 0 Å². The normalized spacial score (nSPS) is 10.2. The maximum absolute atomic E-state index is 12.0. The number of anilines is 1. The minimum atomic E-state index is -0.689. The molecule has 1 N–H and O–H groups in total. The van der Waals surface area contributed by atoms with Crippen LogP contribution in [-0.2, 0) is 23.8 Å². The molecule has 0 spiro atoms. The minimum absolute atomic E-state index is 0.0552. The van der Waals surface area contributed by atoms with Crippen molar-refractivity contribution in [2.45, 2.75) is 26.7 Å². The summed E-state index contributed by atoms with van der Waals surface area (Å²) in [6.07, 6.45) is 0.879. The Balaban J connectivity index is 2.82. The number of methoxy groups -OCH3 is 2. The van der Waals surface area contributed by atoms with Crippen molar-refractivity contribution in [1.82, 2.24) is 0 Å². The lowest BCUT2D eigenvalue weighted by Gasteiger charge is -2.12. The van der Waals surface area contributed by atoms with E-state index in [9.17, 15) is 19.2 Å². The zero-order chi connectivity index (χ0) is 19.7. The first-order chi connectivity index (χ1) is 12.3. The third-order valence-corrected chi connectivity index (χ3v) is 3.41. The lowest BCUT2D eigenvalue weighted by Crippen LogP contribution is -2.22. The standard InChI is InChI=1S/C18H23NO7/c1-11(2)5-8-16(21)26-10-15(20)19-14-9-12(17(22)24-3)6-7-13(14)18(23)25-4/h6-7,9,11H,5,8,10H2,1-4H3,(H,19,20). The number of nitrogens with one attached hydrogen (secondary N) is 1. The average Bonchev–Trinajstić information content (AvgIpc) is 2.63. The van der Waals surface area contributed by atoms with Gasteiger partial charge in [-0.1, -0.05) is 13.8 Å². The number of hydrogen-bond acceptors (Lipinski definition) is 7. The van der Waals surface area contributed by atoms with Crippen LogP contribution < -0.4 is 5.32 Å². The van der Waals surface area contributed by atoms with Crippen molar-refractivity contribution in [1.29, 1.82) is 0 Å². The molecule has 0 saturated heterocycles. The molecule has 1 aromatic rings. The third kappa shape index (κ3) is 6.54. The molecule has 142 valence electrons. The molecular weight excluding hydrogens is 342 g/mol. The van der Waals surface area contributed by atoms with Crippen molar-refractivity contribution in [3.8, 4) is 0 Å². The Labute approximate surface area is 151 Å². The van der Waals surface area contributed by atoms with Gasteiger partial charge in [-0.25, -0.2) is 9.59 Å². The van der Waals surface area contributed by atoms with Crippen LogP contribution in [0.1, 0.15) is 47.4 Å². The predicted molar refractivity (Wildman–Crippen MR) is 92.8 cm³/mol. The first-order valence-corrected chi connectivity index (χ1v) is 8.04. The van der Waals surface area contributed by atoms with Crippen molar-refractivity contribution in [2.24, 2.45) is 5.92 Å². The van der Waals surface area contributed by atoms with Gasteiger partial charge < -0.3 is 19.5 Å². The average molecular weight is 365 g/mol. The fourth-order valence-corrected chi connectivity index (χ4v) is 1.99. The number of ether oxygens (including phenoxy) is 3. The molecule has 0 atom stereocenters. The molecule has 0 radical (unpaired) electrons. The number of carbonyl (C=O) groups excluding carboxylic acids is 4. The van der Waals surface area contributed by atoms with Gasteiger partial charge in [0.1, 0.15) is 0 Å². The van der Waals surface area contributed by atoms with Gasteiger partial charge in [0.2, 0.25) is 0 Å². The number of benzene rings is 1. The van der Waals surface area contributed by atoms with Crippen LogP contribution in [0.4, 0.5) is 5.69 Å². The Morgan fingerprint density at radius 1 is 1.04 bits per heavy atom. The second-order valence-electron chi connectivity index (χ2n) is 5.88. The first-order valence-electron chi connectivity index (χ1n) is 8.04. The second kappa shape index (κ2) is 10.2. The molecule has 0 fully saturated rings. The highest BCUT2D eigenvalue weighted by molar-refractivity contribution is 6.03. The first kappa shape index (κ1) is 21.1. The number of carbonyl (C=O) groups is 4. The molecule has 8 heteroatoms. The summed E-state index contributed by atoms with van der Waals surface area (Å²) in [4.78, 5) is 47.0. The van der Waals surface area contributed by atoms with Gasteiger partial charge in [0.15, 0.2) is 6.61 Å². The van der Waals surface area contributed by atoms with Gasteiger partial charge in [-0.3, -0.25) is 9.59 Å². The fraction of sp³-hybridized carbons (Fsp3) is 0.444. The van der Waals surface area contributed by atoms with Crippen LogP contribution in [0.3, 0.4) is 0 Å². The zero-order valence-corrected chi connectivity index (χ0v) is 15.3. The summed E-state index contributed by atoms with van der Waals surface area (Å²) in [6, 6.07) is 4.00. The van der Waals surface area contributed by atoms with Crippen LogP contribution in [-0.4, -0.2) is 44.6 Å². The monoisotopic (exact) mass is 365 g/mol. The molecule has 0 aliphatic rings. The van der Waals surface area contributed by atoms with E-state index in [2.05, 4.69) is 14.8 Å². The Kier molecular flexibility index (Phi) is 8.27. The molecule has 0 bridgehead atoms. The quantitative estimate of drug-likeness (QED) is 0.555. The molecule has 1 amide bonds. The van der Waals surface area contributed by atoms with Crippen molar-refractivity contribution >= 4 is 29.5 Å². The Morgan fingerprint density at radius 3 is 2.27 bits per heavy atom. The highest BCUT2D eigenvalue weighted by Crippen LogP contribution is 2.20. The van der Waals surface area contributed by atoms with E-state index >= 15 is 0 Å². The van der Waals surface area contributed by atoms with E-state index in [0.717, 1.165) is 0 Å². The fourth-order valence-electron chi connectivity index (χ4n) is 1.99. The molecule has 0 aliphatic carbocycles. The van der Waals surface area contributed by atoms with E-state index in [4.69, 9.17) is 4.74 Å². The number of amides is 1. The minimum Gasteiger partial charge on any atom is -0.465 e. The summed E-state index contributed by atoms with van der Waals surface area (Å²) in [5, 5.41) is 2.44. The maximum atomic E-state index is 12.0. The van der Waals surface area contributed by atoms with Crippen LogP contribution in [0.5, 0.6) is 0 Å². The van der Waals surface area contributed by atoms with Gasteiger partial charge in [-0.05, 0) is 30.5 Å². The molecule has 0 unspecified atom stereocenters. The summed E-state index contributed by atoms with van der Waals surface area (Å²) >= 11 is 0. The van der Waals surface area contributed by atoms with Gasteiger partial charge >= 0.3 is 17.9 Å². The number of rotatable bonds is 8. The molecule has 8 nitrogen and oxygen atoms in total. The summed E-state index contributed by atoms with van der Waals surface area (Å²) in [7, 11) is 2.41. The SMILES string of the molecule is COC(=O)c1ccc(C(=O)OC)c(NC(=O)COC(=O)CCC(C)C)c1. The largest absolute Gasteiger partial charge is 0.465 e. The Bertz CT molecular complexity index is 682. The van der Waals surface area contributed by atoms with Crippen LogP contribution in [0.25, 0.3) is 0 Å². The van der Waals surface area contributed by atoms with Gasteiger partial charge in [-0.2, -0.15) is 0 Å². The van der Waals surface area contributed by atoms with Crippen molar-refractivity contribution in [2.75, 3.05) is 26.1 Å². The van der Waals surface area contributed by atoms with Gasteiger partial charge in [0.05, 0.1) is 31.0 Å². The Hall–Kier alpha value is -2.90. The molecule has 0 aromatic heterocycles. The van der Waals surface area contributed by atoms with Crippen molar-refractivity contribution in [3.63, 3.8) is 0 Å². The topological polar surface area (TPSA) is 108 Å². The molecule has 1 rings (SSSR count). The van der Waals surface area contributed by atoms with Crippen molar-refractivity contribution < 1.29 is 33.4 Å². The summed E-state index contributed by atoms with van der Waals surface area (Å²) < 4.78 is 14.1. The molecular formula is C18H23NO7. The second-order valence-corrected chi connectivity index (χ2v) is 5.88. The smallest absolute Gasteiger partial charge is 0.339 e. The lowest BCUT2D eigenvalue weighted by molar-refractivity contribution is -0.147. The molecule has 1 aromatic carbocycles. The third-order valence-electron chi connectivity index (χ3n) is 3.41. The highest BCUT2D eigenvalue weighted by Gasteiger charge is 2.18. The maximum Gasteiger partial charge on any atom is 0.339 e.